The molecule has 1 aromatic carbocycles. The molecule has 1 amide bonds. The minimum atomic E-state index is -4.76. The van der Waals surface area contributed by atoms with Crippen LogP contribution >= 0.6 is 0 Å². The predicted octanol–water partition coefficient (Wildman–Crippen LogP) is 3.03. The maximum atomic E-state index is 13.6. The molecular formula is C21H25F3N8O3S. The van der Waals surface area contributed by atoms with Gasteiger partial charge >= 0.3 is 6.18 Å². The summed E-state index contributed by atoms with van der Waals surface area (Å²) < 4.78 is 65.3. The molecule has 0 bridgehead atoms. The molecule has 0 aliphatic rings. The number of aromatic nitrogens is 4. The Morgan fingerprint density at radius 2 is 1.72 bits per heavy atom. The number of nitrogens with one attached hydrogen (secondary N) is 3. The normalized spacial score (nSPS) is 11.3. The van der Waals surface area contributed by atoms with E-state index in [0.717, 1.165) is 10.6 Å². The van der Waals surface area contributed by atoms with Gasteiger partial charge in [-0.05, 0) is 24.3 Å². The van der Waals surface area contributed by atoms with E-state index < -0.39 is 27.6 Å². The van der Waals surface area contributed by atoms with Crippen LogP contribution in [0.2, 0.25) is 0 Å². The average molecular weight is 527 g/mol. The highest BCUT2D eigenvalue weighted by Crippen LogP contribution is 2.34. The lowest BCUT2D eigenvalue weighted by molar-refractivity contribution is -0.137. The summed E-state index contributed by atoms with van der Waals surface area (Å²) in [5.41, 5.74) is -0.201. The number of halogens is 3. The lowest BCUT2D eigenvalue weighted by Gasteiger charge is -2.19. The van der Waals surface area contributed by atoms with Gasteiger partial charge in [-0.3, -0.25) is 14.1 Å². The van der Waals surface area contributed by atoms with Crippen LogP contribution in [0.3, 0.4) is 0 Å². The number of anilines is 4. The molecule has 0 saturated carbocycles. The fourth-order valence-electron chi connectivity index (χ4n) is 2.83. The maximum Gasteiger partial charge on any atom is 0.421 e. The number of benzene rings is 1. The fourth-order valence-corrected chi connectivity index (χ4v) is 3.30. The largest absolute Gasteiger partial charge is 0.421 e. The Bertz CT molecular complexity index is 1320. The molecule has 0 aliphatic carbocycles. The third-order valence-electron chi connectivity index (χ3n) is 4.70. The number of alkyl halides is 3. The van der Waals surface area contributed by atoms with Crippen LogP contribution in [0.15, 0.2) is 42.9 Å². The highest BCUT2D eigenvalue weighted by molar-refractivity contribution is 7.92. The van der Waals surface area contributed by atoms with E-state index in [2.05, 4.69) is 35.9 Å². The van der Waals surface area contributed by atoms with Crippen molar-refractivity contribution < 1.29 is 26.4 Å². The van der Waals surface area contributed by atoms with Crippen molar-refractivity contribution in [1.82, 2.24) is 25.3 Å². The summed E-state index contributed by atoms with van der Waals surface area (Å²) in [7, 11) is -0.938. The van der Waals surface area contributed by atoms with Crippen LogP contribution in [-0.2, 0) is 22.7 Å². The average Bonchev–Trinajstić information content (AvgIpc) is 2.81. The molecule has 0 radical (unpaired) electrons. The maximum absolute atomic E-state index is 13.6. The number of amides is 1. The van der Waals surface area contributed by atoms with Crippen LogP contribution in [0.25, 0.3) is 0 Å². The van der Waals surface area contributed by atoms with Gasteiger partial charge in [-0.25, -0.2) is 18.4 Å². The summed E-state index contributed by atoms with van der Waals surface area (Å²) in [6, 6.07) is 6.15. The smallest absolute Gasteiger partial charge is 0.364 e. The van der Waals surface area contributed by atoms with Crippen molar-refractivity contribution in [2.45, 2.75) is 20.1 Å². The van der Waals surface area contributed by atoms with E-state index in [1.165, 1.54) is 38.6 Å². The van der Waals surface area contributed by atoms with Crippen LogP contribution in [0.4, 0.5) is 36.4 Å². The summed E-state index contributed by atoms with van der Waals surface area (Å²) >= 11 is 0. The Kier molecular flexibility index (Phi) is 8.75. The molecular weight excluding hydrogens is 501 g/mol. The number of sulfonamides is 1. The van der Waals surface area contributed by atoms with Crippen molar-refractivity contribution in [3.8, 4) is 0 Å². The zero-order valence-electron chi connectivity index (χ0n) is 18.8. The topological polar surface area (TPSA) is 142 Å². The molecule has 15 heteroatoms. The van der Waals surface area contributed by atoms with Crippen molar-refractivity contribution in [3.05, 3.63) is 59.7 Å². The molecule has 2 heterocycles. The van der Waals surface area contributed by atoms with Gasteiger partial charge in [0.2, 0.25) is 16.0 Å². The summed E-state index contributed by atoms with van der Waals surface area (Å²) in [5.74, 6) is -1.02. The van der Waals surface area contributed by atoms with Gasteiger partial charge in [0.05, 0.1) is 12.8 Å². The van der Waals surface area contributed by atoms with Crippen molar-refractivity contribution >= 4 is 39.2 Å². The zero-order chi connectivity index (χ0) is 25.8. The Morgan fingerprint density at radius 3 is 2.31 bits per heavy atom. The molecule has 3 aromatic rings. The van der Waals surface area contributed by atoms with Crippen molar-refractivity contribution in [2.75, 3.05) is 35.3 Å². The van der Waals surface area contributed by atoms with Gasteiger partial charge in [0.25, 0.3) is 5.91 Å². The monoisotopic (exact) mass is 526 g/mol. The highest BCUT2D eigenvalue weighted by Gasteiger charge is 2.35. The number of hydrogen-bond acceptors (Lipinski definition) is 9. The van der Waals surface area contributed by atoms with Gasteiger partial charge in [-0.2, -0.15) is 18.2 Å². The first-order valence-electron chi connectivity index (χ1n) is 9.91. The van der Waals surface area contributed by atoms with Crippen LogP contribution < -0.4 is 20.3 Å². The number of carbonyl (C=O) groups excluding carboxylic acids is 1. The minimum Gasteiger partial charge on any atom is -0.364 e. The molecule has 0 atom stereocenters. The molecule has 2 aromatic heterocycles. The zero-order valence-corrected chi connectivity index (χ0v) is 19.6. The Labute approximate surface area is 206 Å². The summed E-state index contributed by atoms with van der Waals surface area (Å²) in [5, 5.41) is 7.81. The van der Waals surface area contributed by atoms with E-state index in [4.69, 9.17) is 0 Å². The first kappa shape index (κ1) is 28.2. The molecule has 194 valence electrons. The SMILES string of the molecule is C.CNC(=O)c1ccc(Nc2ncc(C(F)(F)F)c(NCc3nccnc3N(C)S(C)(=O)=O)n2)cc1. The van der Waals surface area contributed by atoms with Gasteiger partial charge < -0.3 is 16.0 Å². The van der Waals surface area contributed by atoms with E-state index in [1.807, 2.05) is 0 Å². The molecule has 0 aliphatic heterocycles. The van der Waals surface area contributed by atoms with Crippen LogP contribution in [-0.4, -0.2) is 54.6 Å². The molecule has 0 saturated heterocycles. The minimum absolute atomic E-state index is 0. The van der Waals surface area contributed by atoms with E-state index in [1.54, 1.807) is 12.1 Å². The lowest BCUT2D eigenvalue weighted by Crippen LogP contribution is -2.27. The molecule has 0 fully saturated rings. The number of nitrogens with zero attached hydrogens (tertiary/aromatic N) is 5. The predicted molar refractivity (Wildman–Crippen MR) is 129 cm³/mol. The van der Waals surface area contributed by atoms with Gasteiger partial charge in [0.15, 0.2) is 5.82 Å². The summed E-state index contributed by atoms with van der Waals surface area (Å²) in [6.45, 7) is -0.302. The second-order valence-corrected chi connectivity index (χ2v) is 9.16. The van der Waals surface area contributed by atoms with Gasteiger partial charge in [-0.15, -0.1) is 0 Å². The number of hydrogen-bond donors (Lipinski definition) is 3. The van der Waals surface area contributed by atoms with Crippen molar-refractivity contribution in [3.63, 3.8) is 0 Å². The van der Waals surface area contributed by atoms with Crippen LogP contribution in [0, 0.1) is 0 Å². The lowest BCUT2D eigenvalue weighted by atomic mass is 10.2. The van der Waals surface area contributed by atoms with E-state index in [-0.39, 0.29) is 37.3 Å². The molecule has 3 rings (SSSR count). The Hall–Kier alpha value is -4.01. The molecule has 0 spiro atoms. The summed E-state index contributed by atoms with van der Waals surface area (Å²) in [4.78, 5) is 27.3. The molecule has 36 heavy (non-hydrogen) atoms. The second kappa shape index (κ2) is 11.2. The Morgan fingerprint density at radius 1 is 1.08 bits per heavy atom. The fraction of sp³-hybridized carbons (Fsp3) is 0.286. The van der Waals surface area contributed by atoms with Crippen molar-refractivity contribution in [1.29, 1.82) is 0 Å². The first-order chi connectivity index (χ1) is 16.4. The third-order valence-corrected chi connectivity index (χ3v) is 5.86. The van der Waals surface area contributed by atoms with Crippen molar-refractivity contribution in [2.24, 2.45) is 0 Å². The summed E-state index contributed by atoms with van der Waals surface area (Å²) in [6.07, 6.45) is -0.619. The van der Waals surface area contributed by atoms with Gasteiger partial charge in [0.1, 0.15) is 17.1 Å². The van der Waals surface area contributed by atoms with E-state index >= 15 is 0 Å². The van der Waals surface area contributed by atoms with Crippen LogP contribution in [0.1, 0.15) is 29.0 Å². The van der Waals surface area contributed by atoms with Gasteiger partial charge in [-0.1, -0.05) is 7.43 Å². The molecule has 3 N–H and O–H groups in total. The number of rotatable bonds is 8. The third kappa shape index (κ3) is 6.78. The standard InChI is InChI=1S/C20H21F3N8O3S.CH4/c1-24-18(32)12-4-6-13(7-5-12)29-19-28-10-14(20(21,22)23)16(30-19)27-11-15-17(26-9-8-25-15)31(2)35(3,33)34;/h4-10H,11H2,1-3H3,(H,24,32)(H2,27,28,29,30);1H4. The number of carbonyl (C=O) groups is 1. The second-order valence-electron chi connectivity index (χ2n) is 7.15. The highest BCUT2D eigenvalue weighted by atomic mass is 32.2. The first-order valence-corrected chi connectivity index (χ1v) is 11.8. The molecule has 11 nitrogen and oxygen atoms in total. The van der Waals surface area contributed by atoms with Gasteiger partial charge in [0, 0.05) is 43.9 Å². The Balaban J connectivity index is 0.00000456. The quantitative estimate of drug-likeness (QED) is 0.404. The van der Waals surface area contributed by atoms with Crippen LogP contribution in [0.5, 0.6) is 0 Å². The van der Waals surface area contributed by atoms with E-state index in [0.29, 0.717) is 17.4 Å². The van der Waals surface area contributed by atoms with E-state index in [9.17, 15) is 26.4 Å². The molecule has 0 unspecified atom stereocenters.